The zero-order chi connectivity index (χ0) is 30.2. The van der Waals surface area contributed by atoms with Gasteiger partial charge in [-0.2, -0.15) is 13.2 Å². The fourth-order valence-corrected chi connectivity index (χ4v) is 6.92. The van der Waals surface area contributed by atoms with Gasteiger partial charge < -0.3 is 10.1 Å². The zero-order valence-electron chi connectivity index (χ0n) is 22.6. The van der Waals surface area contributed by atoms with E-state index in [4.69, 9.17) is 16.3 Å². The van der Waals surface area contributed by atoms with E-state index in [0.29, 0.717) is 34.5 Å². The number of halogens is 6. The molecule has 5 rings (SSSR count). The Bertz CT molecular complexity index is 1710. The van der Waals surface area contributed by atoms with Crippen LogP contribution < -0.4 is 15.6 Å². The predicted molar refractivity (Wildman–Crippen MR) is 155 cm³/mol. The molecule has 1 unspecified atom stereocenters. The number of rotatable bonds is 8. The number of nitrogens with one attached hydrogen (secondary N) is 1. The lowest BCUT2D eigenvalue weighted by atomic mass is 9.92. The fourth-order valence-electron chi connectivity index (χ4n) is 5.32. The standard InChI is InChI=1S/C31H26ClF5N2O2S/c1-17-22(13-23-24(31(35,36)37)9-5-10-25(23)33)30-39(29(40)27(17)21-8-4-11-26(41-2)28(21)34)20(16-42-30)15-38-14-18-6-3-7-19(32)12-18/h3-12,20,38H,13-16H2,1-2H3. The van der Waals surface area contributed by atoms with E-state index in [2.05, 4.69) is 5.32 Å². The second kappa shape index (κ2) is 12.1. The first-order chi connectivity index (χ1) is 20.0. The van der Waals surface area contributed by atoms with Crippen molar-refractivity contribution >= 4 is 23.4 Å². The predicted octanol–water partition coefficient (Wildman–Crippen LogP) is 7.81. The molecule has 3 aromatic carbocycles. The van der Waals surface area contributed by atoms with Gasteiger partial charge in [0.2, 0.25) is 0 Å². The lowest BCUT2D eigenvalue weighted by molar-refractivity contribution is -0.138. The van der Waals surface area contributed by atoms with Crippen molar-refractivity contribution in [2.75, 3.05) is 19.4 Å². The molecule has 0 radical (unpaired) electrons. The Balaban J connectivity index is 1.64. The van der Waals surface area contributed by atoms with Crippen molar-refractivity contribution in [3.63, 3.8) is 0 Å². The summed E-state index contributed by atoms with van der Waals surface area (Å²) >= 11 is 7.40. The van der Waals surface area contributed by atoms with E-state index in [-0.39, 0.29) is 22.4 Å². The normalized spacial score (nSPS) is 14.7. The van der Waals surface area contributed by atoms with E-state index in [1.165, 1.54) is 41.6 Å². The SMILES string of the molecule is COc1cccc(-c2c(C)c(Cc3c(F)cccc3C(F)(F)F)c3n(c2=O)C(CNCc2cccc(Cl)c2)CS3)c1F. The first kappa shape index (κ1) is 30.1. The number of nitrogens with zero attached hydrogens (tertiary/aromatic N) is 1. The van der Waals surface area contributed by atoms with Crippen LogP contribution in [0.3, 0.4) is 0 Å². The van der Waals surface area contributed by atoms with Crippen LogP contribution in [-0.4, -0.2) is 24.0 Å². The third kappa shape index (κ3) is 5.80. The molecule has 42 heavy (non-hydrogen) atoms. The number of methoxy groups -OCH3 is 1. The molecule has 1 atom stereocenters. The molecule has 0 aliphatic carbocycles. The summed E-state index contributed by atoms with van der Waals surface area (Å²) in [5.41, 5.74) is -0.595. The minimum Gasteiger partial charge on any atom is -0.494 e. The summed E-state index contributed by atoms with van der Waals surface area (Å²) in [6.07, 6.45) is -5.22. The molecular weight excluding hydrogens is 595 g/mol. The summed E-state index contributed by atoms with van der Waals surface area (Å²) in [5.74, 6) is -1.42. The lowest BCUT2D eigenvalue weighted by Gasteiger charge is -2.22. The average Bonchev–Trinajstić information content (AvgIpc) is 3.36. The molecule has 220 valence electrons. The summed E-state index contributed by atoms with van der Waals surface area (Å²) in [5, 5.41) is 4.34. The van der Waals surface area contributed by atoms with E-state index in [1.807, 2.05) is 18.2 Å². The van der Waals surface area contributed by atoms with Crippen LogP contribution in [0.2, 0.25) is 5.02 Å². The number of hydrogen-bond donors (Lipinski definition) is 1. The molecule has 0 fully saturated rings. The van der Waals surface area contributed by atoms with E-state index in [1.54, 1.807) is 13.0 Å². The highest BCUT2D eigenvalue weighted by atomic mass is 35.5. The molecule has 1 aliphatic heterocycles. The second-order valence-electron chi connectivity index (χ2n) is 9.95. The molecule has 0 saturated heterocycles. The molecule has 0 bridgehead atoms. The first-order valence-electron chi connectivity index (χ1n) is 13.0. The van der Waals surface area contributed by atoms with Crippen molar-refractivity contribution in [3.05, 3.63) is 115 Å². The monoisotopic (exact) mass is 620 g/mol. The van der Waals surface area contributed by atoms with Crippen molar-refractivity contribution in [3.8, 4) is 16.9 Å². The van der Waals surface area contributed by atoms with Gasteiger partial charge >= 0.3 is 6.18 Å². The number of fused-ring (bicyclic) bond motifs is 1. The van der Waals surface area contributed by atoms with E-state index in [0.717, 1.165) is 23.8 Å². The molecule has 1 aliphatic rings. The largest absolute Gasteiger partial charge is 0.494 e. The Hall–Kier alpha value is -3.34. The Labute approximate surface area is 248 Å². The summed E-state index contributed by atoms with van der Waals surface area (Å²) in [4.78, 5) is 14.1. The van der Waals surface area contributed by atoms with Crippen molar-refractivity contribution < 1.29 is 26.7 Å². The van der Waals surface area contributed by atoms with Crippen LogP contribution in [0.4, 0.5) is 22.0 Å². The Morgan fingerprint density at radius 3 is 2.52 bits per heavy atom. The van der Waals surface area contributed by atoms with Gasteiger partial charge in [-0.25, -0.2) is 8.78 Å². The van der Waals surface area contributed by atoms with Gasteiger partial charge in [-0.1, -0.05) is 41.9 Å². The van der Waals surface area contributed by atoms with Gasteiger partial charge in [0.25, 0.3) is 5.56 Å². The maximum atomic E-state index is 15.5. The maximum Gasteiger partial charge on any atom is 0.416 e. The van der Waals surface area contributed by atoms with Gasteiger partial charge in [0, 0.05) is 41.4 Å². The van der Waals surface area contributed by atoms with Gasteiger partial charge in [0.1, 0.15) is 5.82 Å². The molecule has 2 heterocycles. The lowest BCUT2D eigenvalue weighted by Crippen LogP contribution is -2.33. The Kier molecular flexibility index (Phi) is 8.68. The summed E-state index contributed by atoms with van der Waals surface area (Å²) < 4.78 is 78.8. The van der Waals surface area contributed by atoms with Crippen LogP contribution in [0, 0.1) is 18.6 Å². The quantitative estimate of drug-likeness (QED) is 0.204. The van der Waals surface area contributed by atoms with Crippen LogP contribution in [0.15, 0.2) is 70.5 Å². The Morgan fingerprint density at radius 2 is 1.81 bits per heavy atom. The van der Waals surface area contributed by atoms with E-state index >= 15 is 4.39 Å². The molecule has 0 saturated carbocycles. The first-order valence-corrected chi connectivity index (χ1v) is 14.4. The van der Waals surface area contributed by atoms with Crippen molar-refractivity contribution in [2.45, 2.75) is 37.1 Å². The van der Waals surface area contributed by atoms with Gasteiger partial charge in [-0.05, 0) is 53.9 Å². The topological polar surface area (TPSA) is 43.3 Å². The second-order valence-corrected chi connectivity index (χ2v) is 11.4. The van der Waals surface area contributed by atoms with Crippen LogP contribution in [-0.2, 0) is 19.1 Å². The smallest absolute Gasteiger partial charge is 0.416 e. The molecule has 11 heteroatoms. The Morgan fingerprint density at radius 1 is 1.07 bits per heavy atom. The number of pyridine rings is 1. The minimum absolute atomic E-state index is 0.00242. The van der Waals surface area contributed by atoms with E-state index < -0.39 is 47.0 Å². The van der Waals surface area contributed by atoms with Crippen molar-refractivity contribution in [1.82, 2.24) is 9.88 Å². The van der Waals surface area contributed by atoms with Gasteiger partial charge in [-0.15, -0.1) is 11.8 Å². The summed E-state index contributed by atoms with van der Waals surface area (Å²) in [6.45, 7) is 2.37. The van der Waals surface area contributed by atoms with Gasteiger partial charge in [-0.3, -0.25) is 9.36 Å². The van der Waals surface area contributed by atoms with Gasteiger partial charge in [0.15, 0.2) is 11.6 Å². The highest BCUT2D eigenvalue weighted by Crippen LogP contribution is 2.42. The number of hydrogen-bond acceptors (Lipinski definition) is 4. The number of aromatic nitrogens is 1. The number of ether oxygens (including phenoxy) is 1. The third-order valence-electron chi connectivity index (χ3n) is 7.34. The molecule has 4 nitrogen and oxygen atoms in total. The highest BCUT2D eigenvalue weighted by Gasteiger charge is 2.36. The van der Waals surface area contributed by atoms with Crippen molar-refractivity contribution in [1.29, 1.82) is 0 Å². The molecule has 4 aromatic rings. The number of alkyl halides is 3. The number of thioether (sulfide) groups is 1. The maximum absolute atomic E-state index is 15.5. The molecular formula is C31H26ClF5N2O2S. The number of benzene rings is 3. The summed E-state index contributed by atoms with van der Waals surface area (Å²) in [6, 6.07) is 14.1. The van der Waals surface area contributed by atoms with Crippen LogP contribution >= 0.6 is 23.4 Å². The zero-order valence-corrected chi connectivity index (χ0v) is 24.2. The third-order valence-corrected chi connectivity index (χ3v) is 8.85. The molecule has 0 spiro atoms. The summed E-state index contributed by atoms with van der Waals surface area (Å²) in [7, 11) is 1.30. The molecule has 0 amide bonds. The fraction of sp³-hybridized carbons (Fsp3) is 0.258. The van der Waals surface area contributed by atoms with Crippen LogP contribution in [0.25, 0.3) is 11.1 Å². The van der Waals surface area contributed by atoms with Crippen LogP contribution in [0.1, 0.15) is 33.9 Å². The van der Waals surface area contributed by atoms with Crippen LogP contribution in [0.5, 0.6) is 5.75 Å². The average molecular weight is 621 g/mol. The van der Waals surface area contributed by atoms with Gasteiger partial charge in [0.05, 0.1) is 29.3 Å². The van der Waals surface area contributed by atoms with E-state index in [9.17, 15) is 22.4 Å². The molecule has 1 aromatic heterocycles. The minimum atomic E-state index is -4.79. The van der Waals surface area contributed by atoms with Crippen molar-refractivity contribution in [2.24, 2.45) is 0 Å². The highest BCUT2D eigenvalue weighted by molar-refractivity contribution is 7.99. The molecule has 1 N–H and O–H groups in total.